The smallest absolute Gasteiger partial charge is 0.123 e. The summed E-state index contributed by atoms with van der Waals surface area (Å²) in [6, 6.07) is 17.1. The standard InChI is InChI=1S/C19H17FN2/c1-13-17(14-5-3-2-4-6-14)21-22-18(13)19(11-12-19)15-7-9-16(20)10-8-15/h2-10H,11-12H2,1H3,(H,21,22). The highest BCUT2D eigenvalue weighted by molar-refractivity contribution is 5.65. The number of hydrogen-bond acceptors (Lipinski definition) is 1. The summed E-state index contributed by atoms with van der Waals surface area (Å²) in [5.74, 6) is -0.189. The summed E-state index contributed by atoms with van der Waals surface area (Å²) >= 11 is 0. The van der Waals surface area contributed by atoms with Crippen LogP contribution in [0.2, 0.25) is 0 Å². The van der Waals surface area contributed by atoms with Crippen LogP contribution in [-0.4, -0.2) is 10.2 Å². The highest BCUT2D eigenvalue weighted by Crippen LogP contribution is 2.54. The molecule has 4 rings (SSSR count). The van der Waals surface area contributed by atoms with Gasteiger partial charge in [0.15, 0.2) is 0 Å². The van der Waals surface area contributed by atoms with Crippen molar-refractivity contribution < 1.29 is 4.39 Å². The van der Waals surface area contributed by atoms with Gasteiger partial charge in [-0.1, -0.05) is 42.5 Å². The summed E-state index contributed by atoms with van der Waals surface area (Å²) < 4.78 is 13.2. The van der Waals surface area contributed by atoms with Gasteiger partial charge in [0.2, 0.25) is 0 Å². The molecule has 1 N–H and O–H groups in total. The lowest BCUT2D eigenvalue weighted by Gasteiger charge is -2.15. The van der Waals surface area contributed by atoms with Crippen molar-refractivity contribution in [1.82, 2.24) is 10.2 Å². The van der Waals surface area contributed by atoms with Crippen LogP contribution in [0.25, 0.3) is 11.3 Å². The SMILES string of the molecule is Cc1c(-c2ccccc2)n[nH]c1C1(c2ccc(F)cc2)CC1. The van der Waals surface area contributed by atoms with Crippen molar-refractivity contribution in [3.63, 3.8) is 0 Å². The number of hydrogen-bond donors (Lipinski definition) is 1. The number of aromatic nitrogens is 2. The van der Waals surface area contributed by atoms with Gasteiger partial charge in [0, 0.05) is 16.7 Å². The number of halogens is 1. The summed E-state index contributed by atoms with van der Waals surface area (Å²) in [4.78, 5) is 0. The lowest BCUT2D eigenvalue weighted by Crippen LogP contribution is -2.10. The minimum atomic E-state index is -0.189. The average Bonchev–Trinajstić information content (AvgIpc) is 3.26. The molecular formula is C19H17FN2. The Labute approximate surface area is 129 Å². The minimum Gasteiger partial charge on any atom is -0.281 e. The van der Waals surface area contributed by atoms with E-state index in [9.17, 15) is 4.39 Å². The maximum atomic E-state index is 13.2. The molecule has 1 heterocycles. The molecule has 0 saturated heterocycles. The molecular weight excluding hydrogens is 275 g/mol. The van der Waals surface area contributed by atoms with E-state index >= 15 is 0 Å². The molecule has 0 amide bonds. The number of rotatable bonds is 3. The zero-order chi connectivity index (χ0) is 15.2. The maximum absolute atomic E-state index is 13.2. The summed E-state index contributed by atoms with van der Waals surface area (Å²) in [6.45, 7) is 2.12. The number of benzene rings is 2. The van der Waals surface area contributed by atoms with Crippen molar-refractivity contribution in [2.24, 2.45) is 0 Å². The second kappa shape index (κ2) is 4.80. The molecule has 0 atom stereocenters. The Morgan fingerprint density at radius 3 is 2.32 bits per heavy atom. The van der Waals surface area contributed by atoms with E-state index < -0.39 is 0 Å². The van der Waals surface area contributed by atoms with Gasteiger partial charge < -0.3 is 0 Å². The third-order valence-electron chi connectivity index (χ3n) is 4.68. The van der Waals surface area contributed by atoms with Crippen LogP contribution in [0.3, 0.4) is 0 Å². The molecule has 110 valence electrons. The molecule has 0 bridgehead atoms. The highest BCUT2D eigenvalue weighted by atomic mass is 19.1. The van der Waals surface area contributed by atoms with E-state index in [0.717, 1.165) is 29.8 Å². The van der Waals surface area contributed by atoms with Crippen LogP contribution in [0.5, 0.6) is 0 Å². The summed E-state index contributed by atoms with van der Waals surface area (Å²) in [5, 5.41) is 7.78. The van der Waals surface area contributed by atoms with Crippen LogP contribution in [0.15, 0.2) is 54.6 Å². The Kier molecular flexibility index (Phi) is 2.89. The Hall–Kier alpha value is -2.42. The molecule has 1 aromatic heterocycles. The van der Waals surface area contributed by atoms with Gasteiger partial charge in [0.05, 0.1) is 5.69 Å². The fourth-order valence-electron chi connectivity index (χ4n) is 3.32. The van der Waals surface area contributed by atoms with Crippen molar-refractivity contribution >= 4 is 0 Å². The van der Waals surface area contributed by atoms with E-state index in [-0.39, 0.29) is 11.2 Å². The molecule has 0 unspecified atom stereocenters. The van der Waals surface area contributed by atoms with E-state index in [1.165, 1.54) is 11.1 Å². The van der Waals surface area contributed by atoms with Gasteiger partial charge in [-0.25, -0.2) is 4.39 Å². The number of nitrogens with zero attached hydrogens (tertiary/aromatic N) is 1. The van der Waals surface area contributed by atoms with E-state index in [0.29, 0.717) is 0 Å². The molecule has 1 fully saturated rings. The monoisotopic (exact) mass is 292 g/mol. The highest BCUT2D eigenvalue weighted by Gasteiger charge is 2.48. The molecule has 3 aromatic rings. The lowest BCUT2D eigenvalue weighted by atomic mass is 9.89. The second-order valence-corrected chi connectivity index (χ2v) is 6.03. The Morgan fingerprint density at radius 1 is 1.00 bits per heavy atom. The van der Waals surface area contributed by atoms with E-state index in [1.54, 1.807) is 12.1 Å². The maximum Gasteiger partial charge on any atom is 0.123 e. The lowest BCUT2D eigenvalue weighted by molar-refractivity contribution is 0.625. The van der Waals surface area contributed by atoms with Gasteiger partial charge in [-0.3, -0.25) is 5.10 Å². The first-order valence-corrected chi connectivity index (χ1v) is 7.58. The van der Waals surface area contributed by atoms with Crippen molar-refractivity contribution in [1.29, 1.82) is 0 Å². The fraction of sp³-hybridized carbons (Fsp3) is 0.211. The normalized spacial score (nSPS) is 15.7. The van der Waals surface area contributed by atoms with Crippen molar-refractivity contribution in [2.45, 2.75) is 25.2 Å². The van der Waals surface area contributed by atoms with Gasteiger partial charge in [-0.2, -0.15) is 5.10 Å². The number of nitrogens with one attached hydrogen (secondary N) is 1. The van der Waals surface area contributed by atoms with Crippen LogP contribution in [0.1, 0.15) is 29.7 Å². The fourth-order valence-corrected chi connectivity index (χ4v) is 3.32. The summed E-state index contributed by atoms with van der Waals surface area (Å²) in [5.41, 5.74) is 5.63. The first-order chi connectivity index (χ1) is 10.7. The first kappa shape index (κ1) is 13.3. The van der Waals surface area contributed by atoms with Gasteiger partial charge >= 0.3 is 0 Å². The van der Waals surface area contributed by atoms with Gasteiger partial charge in [0.25, 0.3) is 0 Å². The molecule has 0 spiro atoms. The third kappa shape index (κ3) is 1.97. The van der Waals surface area contributed by atoms with Crippen molar-refractivity contribution in [3.05, 3.63) is 77.2 Å². The molecule has 3 heteroatoms. The zero-order valence-corrected chi connectivity index (χ0v) is 12.4. The van der Waals surface area contributed by atoms with Crippen LogP contribution in [0, 0.1) is 12.7 Å². The zero-order valence-electron chi connectivity index (χ0n) is 12.4. The molecule has 2 aromatic carbocycles. The molecule has 1 aliphatic carbocycles. The first-order valence-electron chi connectivity index (χ1n) is 7.58. The summed E-state index contributed by atoms with van der Waals surface area (Å²) in [7, 11) is 0. The Morgan fingerprint density at radius 2 is 1.68 bits per heavy atom. The number of H-pyrrole nitrogens is 1. The van der Waals surface area contributed by atoms with Crippen molar-refractivity contribution in [3.8, 4) is 11.3 Å². The van der Waals surface area contributed by atoms with Gasteiger partial charge in [-0.15, -0.1) is 0 Å². The summed E-state index contributed by atoms with van der Waals surface area (Å²) in [6.07, 6.45) is 2.16. The van der Waals surface area contributed by atoms with E-state index in [2.05, 4.69) is 29.3 Å². The molecule has 1 saturated carbocycles. The predicted molar refractivity (Wildman–Crippen MR) is 85.2 cm³/mol. The second-order valence-electron chi connectivity index (χ2n) is 6.03. The largest absolute Gasteiger partial charge is 0.281 e. The molecule has 2 nitrogen and oxygen atoms in total. The predicted octanol–water partition coefficient (Wildman–Crippen LogP) is 4.60. The minimum absolute atomic E-state index is 0.0161. The topological polar surface area (TPSA) is 28.7 Å². The van der Waals surface area contributed by atoms with E-state index in [4.69, 9.17) is 0 Å². The number of aromatic amines is 1. The third-order valence-corrected chi connectivity index (χ3v) is 4.68. The quantitative estimate of drug-likeness (QED) is 0.750. The molecule has 0 aliphatic heterocycles. The van der Waals surface area contributed by atoms with Gasteiger partial charge in [-0.05, 0) is 43.0 Å². The molecule has 1 aliphatic rings. The van der Waals surface area contributed by atoms with Crippen molar-refractivity contribution in [2.75, 3.05) is 0 Å². The van der Waals surface area contributed by atoms with Gasteiger partial charge in [0.1, 0.15) is 5.82 Å². The Bertz CT molecular complexity index is 799. The molecule has 0 radical (unpaired) electrons. The molecule has 22 heavy (non-hydrogen) atoms. The van der Waals surface area contributed by atoms with Crippen LogP contribution >= 0.6 is 0 Å². The Balaban J connectivity index is 1.78. The average molecular weight is 292 g/mol. The van der Waals surface area contributed by atoms with Crippen LogP contribution in [-0.2, 0) is 5.41 Å². The van der Waals surface area contributed by atoms with Crippen LogP contribution < -0.4 is 0 Å². The van der Waals surface area contributed by atoms with Crippen LogP contribution in [0.4, 0.5) is 4.39 Å². The van der Waals surface area contributed by atoms with E-state index in [1.807, 2.05) is 30.3 Å².